The van der Waals surface area contributed by atoms with Gasteiger partial charge in [0.25, 0.3) is 5.91 Å². The third-order valence-corrected chi connectivity index (χ3v) is 7.95. The van der Waals surface area contributed by atoms with Crippen molar-refractivity contribution in [3.63, 3.8) is 0 Å². The number of allylic oxidation sites excluding steroid dienone is 1. The number of amides is 1. The molecule has 1 unspecified atom stereocenters. The van der Waals surface area contributed by atoms with Crippen molar-refractivity contribution in [2.24, 2.45) is 0 Å². The highest BCUT2D eigenvalue weighted by Gasteiger charge is 2.39. The lowest BCUT2D eigenvalue weighted by atomic mass is 9.97. The van der Waals surface area contributed by atoms with E-state index in [2.05, 4.69) is 21.2 Å². The first-order valence-electron chi connectivity index (χ1n) is 8.80. The molecule has 1 atom stereocenters. The summed E-state index contributed by atoms with van der Waals surface area (Å²) in [6.07, 6.45) is -2.30. The van der Waals surface area contributed by atoms with Crippen LogP contribution in [0.5, 0.6) is 0 Å². The van der Waals surface area contributed by atoms with Gasteiger partial charge < -0.3 is 9.87 Å². The molecule has 3 rings (SSSR count). The maximum atomic E-state index is 13.7. The minimum Gasteiger partial charge on any atom is -0.616 e. The van der Waals surface area contributed by atoms with Gasteiger partial charge in [0.05, 0.1) is 26.5 Å². The normalized spacial score (nSPS) is 19.9. The standard InChI is InChI=1S/C20H14BrCl3F3NO2S/c21-15-5-10(1-3-13(15)19(29)28-12-8-31(30)9-12)2-4-14(20(25,26)27)11-6-16(22)18(24)17(23)7-11/h1-7,12,14H,8-9H2,(H,28,29)/b4-2+. The Morgan fingerprint density at radius 2 is 1.81 bits per heavy atom. The van der Waals surface area contributed by atoms with Gasteiger partial charge in [-0.3, -0.25) is 4.79 Å². The Kier molecular flexibility index (Phi) is 7.92. The largest absolute Gasteiger partial charge is 0.616 e. The van der Waals surface area contributed by atoms with Crippen LogP contribution in [0.3, 0.4) is 0 Å². The molecule has 2 aromatic carbocycles. The first kappa shape index (κ1) is 24.7. The first-order valence-corrected chi connectivity index (χ1v) is 12.2. The van der Waals surface area contributed by atoms with Gasteiger partial charge in [-0.2, -0.15) is 13.2 Å². The number of nitrogens with one attached hydrogen (secondary N) is 1. The molecule has 0 saturated carbocycles. The van der Waals surface area contributed by atoms with E-state index >= 15 is 0 Å². The summed E-state index contributed by atoms with van der Waals surface area (Å²) in [7, 11) is 0. The highest BCUT2D eigenvalue weighted by Crippen LogP contribution is 2.41. The lowest BCUT2D eigenvalue weighted by molar-refractivity contribution is -0.139. The third kappa shape index (κ3) is 6.12. The number of carbonyl (C=O) groups excluding carboxylic acids is 1. The molecule has 1 fully saturated rings. The molecular weight excluding hydrogens is 562 g/mol. The van der Waals surface area contributed by atoms with Gasteiger partial charge >= 0.3 is 6.18 Å². The summed E-state index contributed by atoms with van der Waals surface area (Å²) in [5.41, 5.74) is 0.642. The zero-order chi connectivity index (χ0) is 22.9. The van der Waals surface area contributed by atoms with E-state index in [4.69, 9.17) is 34.8 Å². The van der Waals surface area contributed by atoms with Gasteiger partial charge in [0, 0.05) is 4.47 Å². The molecule has 11 heteroatoms. The number of benzene rings is 2. The molecule has 0 aromatic heterocycles. The van der Waals surface area contributed by atoms with Crippen molar-refractivity contribution < 1.29 is 22.5 Å². The molecule has 1 saturated heterocycles. The fourth-order valence-corrected chi connectivity index (χ4v) is 5.09. The second kappa shape index (κ2) is 9.93. The summed E-state index contributed by atoms with van der Waals surface area (Å²) in [4.78, 5) is 12.3. The van der Waals surface area contributed by atoms with Crippen LogP contribution in [-0.2, 0) is 11.2 Å². The van der Waals surface area contributed by atoms with E-state index in [0.29, 0.717) is 27.1 Å². The number of alkyl halides is 3. The van der Waals surface area contributed by atoms with E-state index in [1.807, 2.05) is 0 Å². The molecule has 0 radical (unpaired) electrons. The van der Waals surface area contributed by atoms with E-state index < -0.39 is 23.3 Å². The maximum absolute atomic E-state index is 13.7. The van der Waals surface area contributed by atoms with E-state index in [-0.39, 0.29) is 32.6 Å². The van der Waals surface area contributed by atoms with Crippen LogP contribution in [0.1, 0.15) is 27.4 Å². The van der Waals surface area contributed by atoms with Crippen molar-refractivity contribution in [3.8, 4) is 0 Å². The minimum absolute atomic E-state index is 0.0112. The van der Waals surface area contributed by atoms with Gasteiger partial charge in [0.2, 0.25) is 0 Å². The van der Waals surface area contributed by atoms with Crippen molar-refractivity contribution in [1.29, 1.82) is 0 Å². The predicted octanol–water partition coefficient (Wildman–Crippen LogP) is 6.63. The van der Waals surface area contributed by atoms with Gasteiger partial charge in [-0.25, -0.2) is 0 Å². The molecule has 0 spiro atoms. The molecule has 0 bridgehead atoms. The van der Waals surface area contributed by atoms with E-state index in [0.717, 1.165) is 18.2 Å². The molecule has 3 nitrogen and oxygen atoms in total. The summed E-state index contributed by atoms with van der Waals surface area (Å²) in [6.45, 7) is 0. The highest BCUT2D eigenvalue weighted by atomic mass is 79.9. The average Bonchev–Trinajstić information content (AvgIpc) is 2.63. The zero-order valence-electron chi connectivity index (χ0n) is 15.5. The fourth-order valence-electron chi connectivity index (χ4n) is 2.94. The SMILES string of the molecule is O=C(NC1C[S+]([O-])C1)c1ccc(/C=C/C(c2cc(Cl)c(Cl)c(Cl)c2)C(F)(F)F)cc1Br. The Balaban J connectivity index is 1.81. The molecule has 1 amide bonds. The molecule has 1 N–H and O–H groups in total. The van der Waals surface area contributed by atoms with Crippen LogP contribution >= 0.6 is 50.7 Å². The van der Waals surface area contributed by atoms with Gasteiger partial charge in [-0.15, -0.1) is 0 Å². The predicted molar refractivity (Wildman–Crippen MR) is 123 cm³/mol. The maximum Gasteiger partial charge on any atom is 0.399 e. The van der Waals surface area contributed by atoms with Crippen LogP contribution in [0.25, 0.3) is 6.08 Å². The molecule has 2 aromatic rings. The molecule has 166 valence electrons. The van der Waals surface area contributed by atoms with E-state index in [1.54, 1.807) is 6.07 Å². The lowest BCUT2D eigenvalue weighted by Gasteiger charge is -2.29. The summed E-state index contributed by atoms with van der Waals surface area (Å²) in [5.74, 6) is -1.47. The fraction of sp³-hybridized carbons (Fsp3) is 0.250. The van der Waals surface area contributed by atoms with Crippen LogP contribution < -0.4 is 5.32 Å². The Hall–Kier alpha value is -0.900. The number of hydrogen-bond acceptors (Lipinski definition) is 2. The second-order valence-corrected chi connectivity index (χ2v) is 10.5. The third-order valence-electron chi connectivity index (χ3n) is 4.55. The number of carbonyl (C=O) groups is 1. The van der Waals surface area contributed by atoms with Crippen molar-refractivity contribution in [3.05, 3.63) is 72.6 Å². The number of halogens is 7. The van der Waals surface area contributed by atoms with E-state index in [1.165, 1.54) is 18.2 Å². The van der Waals surface area contributed by atoms with Crippen molar-refractivity contribution >= 4 is 73.9 Å². The van der Waals surface area contributed by atoms with Crippen LogP contribution in [-0.4, -0.2) is 34.2 Å². The Labute approximate surface area is 203 Å². The Morgan fingerprint density at radius 1 is 1.19 bits per heavy atom. The molecule has 31 heavy (non-hydrogen) atoms. The van der Waals surface area contributed by atoms with Crippen molar-refractivity contribution in [2.45, 2.75) is 18.1 Å². The van der Waals surface area contributed by atoms with Gasteiger partial charge in [-0.1, -0.05) is 53.0 Å². The highest BCUT2D eigenvalue weighted by molar-refractivity contribution is 9.10. The lowest BCUT2D eigenvalue weighted by Crippen LogP contribution is -2.53. The zero-order valence-corrected chi connectivity index (χ0v) is 20.2. The van der Waals surface area contributed by atoms with Crippen LogP contribution in [0.2, 0.25) is 15.1 Å². The van der Waals surface area contributed by atoms with Crippen LogP contribution in [0, 0.1) is 0 Å². The summed E-state index contributed by atoms with van der Waals surface area (Å²) in [5, 5.41) is 2.62. The average molecular weight is 576 g/mol. The number of hydrogen-bond donors (Lipinski definition) is 1. The quantitative estimate of drug-likeness (QED) is 0.322. The molecule has 1 aliphatic rings. The first-order chi connectivity index (χ1) is 14.5. The molecule has 0 aliphatic carbocycles. The number of rotatable bonds is 5. The molecular formula is C20H14BrCl3F3NO2S. The van der Waals surface area contributed by atoms with Gasteiger partial charge in [-0.05, 0) is 62.5 Å². The van der Waals surface area contributed by atoms with Crippen molar-refractivity contribution in [2.75, 3.05) is 11.5 Å². The minimum atomic E-state index is -4.59. The smallest absolute Gasteiger partial charge is 0.399 e. The van der Waals surface area contributed by atoms with Gasteiger partial charge in [0.1, 0.15) is 17.5 Å². The Morgan fingerprint density at radius 3 is 2.32 bits per heavy atom. The molecule has 1 aliphatic heterocycles. The summed E-state index contributed by atoms with van der Waals surface area (Å²) < 4.78 is 52.5. The monoisotopic (exact) mass is 573 g/mol. The van der Waals surface area contributed by atoms with Crippen LogP contribution in [0.4, 0.5) is 13.2 Å². The van der Waals surface area contributed by atoms with E-state index in [9.17, 15) is 22.5 Å². The van der Waals surface area contributed by atoms with Crippen molar-refractivity contribution in [1.82, 2.24) is 5.32 Å². The Bertz CT molecular complexity index is 1010. The summed E-state index contributed by atoms with van der Waals surface area (Å²) >= 11 is 20.0. The van der Waals surface area contributed by atoms with Crippen LogP contribution in [0.15, 0.2) is 40.9 Å². The van der Waals surface area contributed by atoms with Gasteiger partial charge in [0.15, 0.2) is 0 Å². The topological polar surface area (TPSA) is 52.2 Å². The molecule has 1 heterocycles. The summed E-state index contributed by atoms with van der Waals surface area (Å²) in [6, 6.07) is 6.71. The second-order valence-electron chi connectivity index (χ2n) is 6.86.